The summed E-state index contributed by atoms with van der Waals surface area (Å²) in [7, 11) is 0. The van der Waals surface area contributed by atoms with E-state index in [2.05, 4.69) is 15.3 Å². The standard InChI is InChI=1S/C9H13N3O2/c13-9(14)7-5-11-8(12-7)6-1-3-10-4-2-6/h5-6,10H,1-4H2,(H,11,12)(H,13,14). The smallest absolute Gasteiger partial charge is 0.353 e. The van der Waals surface area contributed by atoms with Gasteiger partial charge in [0.1, 0.15) is 11.5 Å². The van der Waals surface area contributed by atoms with Gasteiger partial charge in [-0.25, -0.2) is 9.78 Å². The van der Waals surface area contributed by atoms with Gasteiger partial charge in [-0.3, -0.25) is 0 Å². The Morgan fingerprint density at radius 2 is 2.21 bits per heavy atom. The van der Waals surface area contributed by atoms with E-state index < -0.39 is 5.97 Å². The average molecular weight is 195 g/mol. The molecule has 0 unspecified atom stereocenters. The minimum atomic E-state index is -0.947. The molecule has 5 nitrogen and oxygen atoms in total. The molecule has 0 aromatic carbocycles. The predicted molar refractivity (Wildman–Crippen MR) is 50.4 cm³/mol. The van der Waals surface area contributed by atoms with Crippen LogP contribution in [0.15, 0.2) is 6.20 Å². The Morgan fingerprint density at radius 1 is 1.50 bits per heavy atom. The highest BCUT2D eigenvalue weighted by atomic mass is 16.4. The van der Waals surface area contributed by atoms with Crippen LogP contribution in [-0.4, -0.2) is 34.1 Å². The van der Waals surface area contributed by atoms with E-state index in [9.17, 15) is 4.79 Å². The molecular weight excluding hydrogens is 182 g/mol. The average Bonchev–Trinajstić information content (AvgIpc) is 2.68. The zero-order valence-electron chi connectivity index (χ0n) is 7.79. The second-order valence-corrected chi connectivity index (χ2v) is 3.51. The van der Waals surface area contributed by atoms with E-state index >= 15 is 0 Å². The monoisotopic (exact) mass is 195 g/mol. The lowest BCUT2D eigenvalue weighted by Crippen LogP contribution is -2.27. The highest BCUT2D eigenvalue weighted by Crippen LogP contribution is 2.22. The molecule has 0 bridgehead atoms. The third-order valence-electron chi connectivity index (χ3n) is 2.55. The Bertz CT molecular complexity index is 329. The maximum absolute atomic E-state index is 10.6. The number of rotatable bonds is 2. The van der Waals surface area contributed by atoms with Crippen molar-refractivity contribution in [2.45, 2.75) is 18.8 Å². The first kappa shape index (κ1) is 9.21. The summed E-state index contributed by atoms with van der Waals surface area (Å²) in [4.78, 5) is 17.6. The molecule has 76 valence electrons. The molecule has 3 N–H and O–H groups in total. The van der Waals surface area contributed by atoms with Crippen molar-refractivity contribution < 1.29 is 9.90 Å². The number of piperidine rings is 1. The molecule has 0 aliphatic carbocycles. The first-order chi connectivity index (χ1) is 6.77. The van der Waals surface area contributed by atoms with Crippen molar-refractivity contribution >= 4 is 5.97 Å². The maximum atomic E-state index is 10.6. The van der Waals surface area contributed by atoms with Crippen molar-refractivity contribution in [2.75, 3.05) is 13.1 Å². The number of aromatic amines is 1. The van der Waals surface area contributed by atoms with Crippen LogP contribution in [0.4, 0.5) is 0 Å². The van der Waals surface area contributed by atoms with Gasteiger partial charge in [0.15, 0.2) is 0 Å². The molecule has 0 spiro atoms. The number of nitrogens with one attached hydrogen (secondary N) is 2. The molecule has 1 aromatic rings. The number of H-pyrrole nitrogens is 1. The SMILES string of the molecule is O=C(O)c1cnc(C2CCNCC2)[nH]1. The van der Waals surface area contributed by atoms with Crippen LogP contribution in [0, 0.1) is 0 Å². The third kappa shape index (κ3) is 1.77. The number of carbonyl (C=O) groups is 1. The first-order valence-electron chi connectivity index (χ1n) is 4.76. The van der Waals surface area contributed by atoms with Crippen LogP contribution < -0.4 is 5.32 Å². The van der Waals surface area contributed by atoms with E-state index in [1.165, 1.54) is 6.20 Å². The molecule has 1 aliphatic heterocycles. The number of carboxylic acid groups (broad SMARTS) is 1. The highest BCUT2D eigenvalue weighted by Gasteiger charge is 2.19. The number of aromatic nitrogens is 2. The van der Waals surface area contributed by atoms with Crippen molar-refractivity contribution in [1.82, 2.24) is 15.3 Å². The molecule has 0 atom stereocenters. The molecule has 0 amide bonds. The van der Waals surface area contributed by atoms with Gasteiger partial charge in [-0.15, -0.1) is 0 Å². The number of carboxylic acids is 1. The Morgan fingerprint density at radius 3 is 2.79 bits per heavy atom. The summed E-state index contributed by atoms with van der Waals surface area (Å²) in [5.74, 6) is 0.242. The normalized spacial score (nSPS) is 18.3. The first-order valence-corrected chi connectivity index (χ1v) is 4.76. The largest absolute Gasteiger partial charge is 0.477 e. The van der Waals surface area contributed by atoms with E-state index in [0.29, 0.717) is 5.92 Å². The fourth-order valence-corrected chi connectivity index (χ4v) is 1.75. The Kier molecular flexibility index (Phi) is 2.49. The van der Waals surface area contributed by atoms with Crippen molar-refractivity contribution in [1.29, 1.82) is 0 Å². The van der Waals surface area contributed by atoms with Gasteiger partial charge in [-0.2, -0.15) is 0 Å². The van der Waals surface area contributed by atoms with Gasteiger partial charge in [0, 0.05) is 5.92 Å². The van der Waals surface area contributed by atoms with Crippen LogP contribution in [-0.2, 0) is 0 Å². The summed E-state index contributed by atoms with van der Waals surface area (Å²) in [6.07, 6.45) is 3.43. The van der Waals surface area contributed by atoms with E-state index in [0.717, 1.165) is 31.8 Å². The van der Waals surface area contributed by atoms with Crippen LogP contribution in [0.5, 0.6) is 0 Å². The minimum absolute atomic E-state index is 0.179. The van der Waals surface area contributed by atoms with Gasteiger partial charge in [0.25, 0.3) is 0 Å². The second-order valence-electron chi connectivity index (χ2n) is 3.51. The summed E-state index contributed by atoms with van der Waals surface area (Å²) in [5.41, 5.74) is 0.179. The molecule has 14 heavy (non-hydrogen) atoms. The van der Waals surface area contributed by atoms with E-state index in [1.54, 1.807) is 0 Å². The molecule has 1 aromatic heterocycles. The lowest BCUT2D eigenvalue weighted by Gasteiger charge is -2.20. The molecule has 0 saturated carbocycles. The number of hydrogen-bond acceptors (Lipinski definition) is 3. The van der Waals surface area contributed by atoms with E-state index in [-0.39, 0.29) is 5.69 Å². The Labute approximate surface area is 81.5 Å². The fourth-order valence-electron chi connectivity index (χ4n) is 1.75. The zero-order valence-corrected chi connectivity index (χ0v) is 7.79. The molecule has 1 fully saturated rings. The van der Waals surface area contributed by atoms with Gasteiger partial charge in [-0.1, -0.05) is 0 Å². The molecular formula is C9H13N3O2. The fraction of sp³-hybridized carbons (Fsp3) is 0.556. The van der Waals surface area contributed by atoms with Crippen LogP contribution in [0.2, 0.25) is 0 Å². The van der Waals surface area contributed by atoms with Gasteiger partial charge in [-0.05, 0) is 25.9 Å². The maximum Gasteiger partial charge on any atom is 0.353 e. The molecule has 1 saturated heterocycles. The molecule has 2 heterocycles. The number of imidazole rings is 1. The Balaban J connectivity index is 2.11. The summed E-state index contributed by atoms with van der Waals surface area (Å²) in [6.45, 7) is 1.96. The quantitative estimate of drug-likeness (QED) is 0.645. The van der Waals surface area contributed by atoms with Gasteiger partial charge in [0.05, 0.1) is 6.20 Å². The minimum Gasteiger partial charge on any atom is -0.477 e. The van der Waals surface area contributed by atoms with Gasteiger partial charge >= 0.3 is 5.97 Å². The zero-order chi connectivity index (χ0) is 9.97. The van der Waals surface area contributed by atoms with Crippen molar-refractivity contribution in [3.8, 4) is 0 Å². The third-order valence-corrected chi connectivity index (χ3v) is 2.55. The lowest BCUT2D eigenvalue weighted by molar-refractivity contribution is 0.0691. The highest BCUT2D eigenvalue weighted by molar-refractivity contribution is 5.85. The summed E-state index contributed by atoms with van der Waals surface area (Å²) < 4.78 is 0. The second kappa shape index (κ2) is 3.79. The van der Waals surface area contributed by atoms with Crippen molar-refractivity contribution in [3.05, 3.63) is 17.7 Å². The van der Waals surface area contributed by atoms with Gasteiger partial charge in [0.2, 0.25) is 0 Å². The summed E-state index contributed by atoms with van der Waals surface area (Å²) in [5, 5.41) is 12.0. The lowest BCUT2D eigenvalue weighted by atomic mass is 9.98. The molecule has 0 radical (unpaired) electrons. The van der Waals surface area contributed by atoms with Crippen LogP contribution in [0.1, 0.15) is 35.1 Å². The molecule has 2 rings (SSSR count). The summed E-state index contributed by atoms with van der Waals surface area (Å²) >= 11 is 0. The number of hydrogen-bond donors (Lipinski definition) is 3. The summed E-state index contributed by atoms with van der Waals surface area (Å²) in [6, 6.07) is 0. The van der Waals surface area contributed by atoms with Crippen LogP contribution >= 0.6 is 0 Å². The topological polar surface area (TPSA) is 78.0 Å². The van der Waals surface area contributed by atoms with Gasteiger partial charge < -0.3 is 15.4 Å². The predicted octanol–water partition coefficient (Wildman–Crippen LogP) is 0.575. The van der Waals surface area contributed by atoms with Crippen LogP contribution in [0.3, 0.4) is 0 Å². The van der Waals surface area contributed by atoms with Crippen molar-refractivity contribution in [2.24, 2.45) is 0 Å². The van der Waals surface area contributed by atoms with E-state index in [4.69, 9.17) is 5.11 Å². The van der Waals surface area contributed by atoms with Crippen LogP contribution in [0.25, 0.3) is 0 Å². The van der Waals surface area contributed by atoms with Crippen molar-refractivity contribution in [3.63, 3.8) is 0 Å². The number of aromatic carboxylic acids is 1. The van der Waals surface area contributed by atoms with E-state index in [1.807, 2.05) is 0 Å². The molecule has 1 aliphatic rings. The molecule has 5 heteroatoms. The Hall–Kier alpha value is -1.36. The number of nitrogens with zero attached hydrogens (tertiary/aromatic N) is 1.